The Morgan fingerprint density at radius 2 is 1.94 bits per heavy atom. The summed E-state index contributed by atoms with van der Waals surface area (Å²) >= 11 is 0. The van der Waals surface area contributed by atoms with Gasteiger partial charge in [0, 0.05) is 13.1 Å². The normalized spacial score (nSPS) is 18.3. The highest BCUT2D eigenvalue weighted by Gasteiger charge is 2.35. The van der Waals surface area contributed by atoms with E-state index in [4.69, 9.17) is 4.42 Å². The Morgan fingerprint density at radius 3 is 2.56 bits per heavy atom. The zero-order valence-corrected chi connectivity index (χ0v) is 18.9. The van der Waals surface area contributed by atoms with Crippen LogP contribution in [0.1, 0.15) is 32.4 Å². The van der Waals surface area contributed by atoms with E-state index >= 15 is 0 Å². The summed E-state index contributed by atoms with van der Waals surface area (Å²) < 4.78 is 45.4. The molecule has 0 aliphatic carbocycles. The van der Waals surface area contributed by atoms with Gasteiger partial charge in [0.2, 0.25) is 21.8 Å². The number of halogens is 1. The third kappa shape index (κ3) is 5.74. The van der Waals surface area contributed by atoms with E-state index in [0.717, 1.165) is 12.1 Å². The van der Waals surface area contributed by atoms with Crippen molar-refractivity contribution in [1.82, 2.24) is 14.9 Å². The minimum atomic E-state index is -3.84. The molecule has 2 amide bonds. The van der Waals surface area contributed by atoms with Crippen LogP contribution in [0.2, 0.25) is 0 Å². The lowest BCUT2D eigenvalue weighted by Crippen LogP contribution is -2.53. The number of nitrogens with one attached hydrogen (secondary N) is 2. The van der Waals surface area contributed by atoms with E-state index in [-0.39, 0.29) is 42.3 Å². The number of hydrogen-bond donors (Lipinski definition) is 2. The first-order valence-corrected chi connectivity index (χ1v) is 12.0. The second-order valence-electron chi connectivity index (χ2n) is 8.18. The molecule has 10 heteroatoms. The number of furan rings is 1. The number of piperidine rings is 1. The maximum Gasteiger partial charge on any atom is 0.243 e. The molecule has 2 N–H and O–H groups in total. The fourth-order valence-corrected chi connectivity index (χ4v) is 5.16. The minimum Gasteiger partial charge on any atom is -0.467 e. The molecule has 1 aromatic carbocycles. The molecule has 2 atom stereocenters. The Labute approximate surface area is 187 Å². The van der Waals surface area contributed by atoms with Crippen molar-refractivity contribution < 1.29 is 26.8 Å². The second kappa shape index (κ2) is 10.3. The quantitative estimate of drug-likeness (QED) is 0.622. The zero-order chi connectivity index (χ0) is 23.3. The van der Waals surface area contributed by atoms with Crippen molar-refractivity contribution in [1.29, 1.82) is 0 Å². The topological polar surface area (TPSA) is 109 Å². The standard InChI is InChI=1S/C22H28FN3O5S/c1-15(2)20(22(28)24-13-18-6-4-12-31-18)25-21(27)16-5-3-11-26(14-16)32(29,30)19-9-7-17(23)8-10-19/h4,6-10,12,15-16,20H,3,5,11,13-14H2,1-2H3,(H,24,28)(H,25,27). The predicted molar refractivity (Wildman–Crippen MR) is 115 cm³/mol. The van der Waals surface area contributed by atoms with Crippen LogP contribution in [-0.4, -0.2) is 43.7 Å². The second-order valence-corrected chi connectivity index (χ2v) is 10.1. The molecule has 174 valence electrons. The van der Waals surface area contributed by atoms with Gasteiger partial charge in [0.05, 0.1) is 23.6 Å². The van der Waals surface area contributed by atoms with Crippen LogP contribution in [0.5, 0.6) is 0 Å². The molecule has 3 rings (SSSR count). The monoisotopic (exact) mass is 465 g/mol. The van der Waals surface area contributed by atoms with Gasteiger partial charge in [-0.15, -0.1) is 0 Å². The number of amides is 2. The van der Waals surface area contributed by atoms with Crippen LogP contribution in [0, 0.1) is 17.7 Å². The Kier molecular flexibility index (Phi) is 7.68. The van der Waals surface area contributed by atoms with Crippen molar-refractivity contribution in [3.63, 3.8) is 0 Å². The molecule has 2 aromatic rings. The number of rotatable bonds is 8. The Bertz CT molecular complexity index is 1020. The van der Waals surface area contributed by atoms with Gasteiger partial charge in [-0.2, -0.15) is 4.31 Å². The molecule has 0 radical (unpaired) electrons. The lowest BCUT2D eigenvalue weighted by Gasteiger charge is -2.32. The largest absolute Gasteiger partial charge is 0.467 e. The summed E-state index contributed by atoms with van der Waals surface area (Å²) in [6.07, 6.45) is 2.54. The fraction of sp³-hybridized carbons (Fsp3) is 0.455. The Morgan fingerprint density at radius 1 is 1.22 bits per heavy atom. The van der Waals surface area contributed by atoms with Gasteiger partial charge in [-0.3, -0.25) is 9.59 Å². The number of carbonyl (C=O) groups is 2. The van der Waals surface area contributed by atoms with Crippen molar-refractivity contribution in [3.8, 4) is 0 Å². The first-order valence-electron chi connectivity index (χ1n) is 10.5. The summed E-state index contributed by atoms with van der Waals surface area (Å²) in [7, 11) is -3.84. The summed E-state index contributed by atoms with van der Waals surface area (Å²) in [5, 5.41) is 5.53. The summed E-state index contributed by atoms with van der Waals surface area (Å²) in [4.78, 5) is 25.5. The average molecular weight is 466 g/mol. The van der Waals surface area contributed by atoms with Crippen molar-refractivity contribution in [3.05, 3.63) is 54.2 Å². The number of benzene rings is 1. The Balaban J connectivity index is 1.63. The molecule has 8 nitrogen and oxygen atoms in total. The van der Waals surface area contributed by atoms with Gasteiger partial charge in [0.25, 0.3) is 0 Å². The van der Waals surface area contributed by atoms with Crippen LogP contribution in [0.25, 0.3) is 0 Å². The molecule has 0 saturated carbocycles. The highest BCUT2D eigenvalue weighted by molar-refractivity contribution is 7.89. The summed E-state index contributed by atoms with van der Waals surface area (Å²) in [5.41, 5.74) is 0. The number of carbonyl (C=O) groups excluding carboxylic acids is 2. The summed E-state index contributed by atoms with van der Waals surface area (Å²) in [6.45, 7) is 4.14. The number of nitrogens with zero attached hydrogens (tertiary/aromatic N) is 1. The van der Waals surface area contributed by atoms with Gasteiger partial charge >= 0.3 is 0 Å². The van der Waals surface area contributed by atoms with Gasteiger partial charge < -0.3 is 15.1 Å². The number of sulfonamides is 1. The Hall–Kier alpha value is -2.72. The summed E-state index contributed by atoms with van der Waals surface area (Å²) in [6, 6.07) is 7.31. The maximum absolute atomic E-state index is 13.2. The van der Waals surface area contributed by atoms with Gasteiger partial charge in [0.1, 0.15) is 17.6 Å². The molecule has 0 spiro atoms. The maximum atomic E-state index is 13.2. The van der Waals surface area contributed by atoms with Gasteiger partial charge in [-0.1, -0.05) is 13.8 Å². The summed E-state index contributed by atoms with van der Waals surface area (Å²) in [5.74, 6) is -1.38. The van der Waals surface area contributed by atoms with Crippen LogP contribution in [0.15, 0.2) is 52.0 Å². The van der Waals surface area contributed by atoms with Crippen LogP contribution in [-0.2, 0) is 26.2 Å². The van der Waals surface area contributed by atoms with Crippen molar-refractivity contribution >= 4 is 21.8 Å². The van der Waals surface area contributed by atoms with Crippen LogP contribution < -0.4 is 10.6 Å². The third-order valence-corrected chi connectivity index (χ3v) is 7.35. The highest BCUT2D eigenvalue weighted by Crippen LogP contribution is 2.24. The van der Waals surface area contributed by atoms with E-state index in [9.17, 15) is 22.4 Å². The van der Waals surface area contributed by atoms with Crippen molar-refractivity contribution in [2.24, 2.45) is 11.8 Å². The van der Waals surface area contributed by atoms with Crippen molar-refractivity contribution in [2.45, 2.75) is 44.2 Å². The molecule has 32 heavy (non-hydrogen) atoms. The van der Waals surface area contributed by atoms with E-state index < -0.39 is 27.8 Å². The highest BCUT2D eigenvalue weighted by atomic mass is 32.2. The van der Waals surface area contributed by atoms with Crippen LogP contribution in [0.4, 0.5) is 4.39 Å². The first kappa shape index (κ1) is 23.9. The molecule has 1 saturated heterocycles. The van der Waals surface area contributed by atoms with E-state index in [0.29, 0.717) is 18.6 Å². The molecule has 2 unspecified atom stereocenters. The van der Waals surface area contributed by atoms with Gasteiger partial charge in [-0.05, 0) is 55.2 Å². The average Bonchev–Trinajstić information content (AvgIpc) is 3.29. The molecule has 1 aliphatic rings. The lowest BCUT2D eigenvalue weighted by atomic mass is 9.96. The minimum absolute atomic E-state index is 0.00434. The smallest absolute Gasteiger partial charge is 0.243 e. The van der Waals surface area contributed by atoms with Gasteiger partial charge in [0.15, 0.2) is 0 Å². The molecular weight excluding hydrogens is 437 g/mol. The third-order valence-electron chi connectivity index (χ3n) is 5.47. The van der Waals surface area contributed by atoms with E-state index in [1.54, 1.807) is 12.1 Å². The first-order chi connectivity index (χ1) is 15.2. The van der Waals surface area contributed by atoms with Gasteiger partial charge in [-0.25, -0.2) is 12.8 Å². The molecule has 1 aliphatic heterocycles. The molecule has 0 bridgehead atoms. The number of hydrogen-bond acceptors (Lipinski definition) is 5. The lowest BCUT2D eigenvalue weighted by molar-refractivity contribution is -0.132. The predicted octanol–water partition coefficient (Wildman–Crippen LogP) is 2.28. The molecular formula is C22H28FN3O5S. The van der Waals surface area contributed by atoms with Crippen molar-refractivity contribution in [2.75, 3.05) is 13.1 Å². The molecule has 1 aromatic heterocycles. The van der Waals surface area contributed by atoms with Crippen LogP contribution in [0.3, 0.4) is 0 Å². The van der Waals surface area contributed by atoms with E-state index in [1.165, 1.54) is 22.7 Å². The fourth-order valence-electron chi connectivity index (χ4n) is 3.63. The molecule has 2 heterocycles. The van der Waals surface area contributed by atoms with E-state index in [1.807, 2.05) is 13.8 Å². The molecule has 1 fully saturated rings. The SMILES string of the molecule is CC(C)C(NC(=O)C1CCCN(S(=O)(=O)c2ccc(F)cc2)C1)C(=O)NCc1ccco1. The van der Waals surface area contributed by atoms with E-state index in [2.05, 4.69) is 10.6 Å². The zero-order valence-electron chi connectivity index (χ0n) is 18.1. The van der Waals surface area contributed by atoms with Crippen LogP contribution >= 0.6 is 0 Å².